The SMILES string of the molecule is N#CCCCC1=CC2CCCC(C1)N2Cc1ccccc1. The van der Waals surface area contributed by atoms with Crippen LogP contribution in [0.1, 0.15) is 50.5 Å². The van der Waals surface area contributed by atoms with E-state index in [9.17, 15) is 0 Å². The van der Waals surface area contributed by atoms with E-state index in [1.807, 2.05) is 0 Å². The average Bonchev–Trinajstić information content (AvgIpc) is 2.49. The first-order valence-corrected chi connectivity index (χ1v) is 8.23. The number of hydrogen-bond donors (Lipinski definition) is 0. The van der Waals surface area contributed by atoms with Crippen molar-refractivity contribution >= 4 is 0 Å². The number of fused-ring (bicyclic) bond motifs is 2. The Hall–Kier alpha value is -1.59. The molecule has 2 aliphatic heterocycles. The first-order chi connectivity index (χ1) is 10.4. The summed E-state index contributed by atoms with van der Waals surface area (Å²) in [5.74, 6) is 0. The Kier molecular flexibility index (Phi) is 4.72. The first kappa shape index (κ1) is 14.4. The summed E-state index contributed by atoms with van der Waals surface area (Å²) >= 11 is 0. The molecule has 1 aromatic carbocycles. The van der Waals surface area contributed by atoms with Crippen molar-refractivity contribution in [2.45, 2.75) is 63.6 Å². The number of hydrogen-bond acceptors (Lipinski definition) is 2. The van der Waals surface area contributed by atoms with Crippen molar-refractivity contribution in [1.29, 1.82) is 5.26 Å². The fraction of sp³-hybridized carbons (Fsp3) is 0.526. The Morgan fingerprint density at radius 1 is 1.19 bits per heavy atom. The second-order valence-electron chi connectivity index (χ2n) is 6.35. The molecular formula is C19H24N2. The van der Waals surface area contributed by atoms with Crippen LogP contribution in [-0.2, 0) is 6.54 Å². The number of benzene rings is 1. The molecule has 2 heteroatoms. The zero-order chi connectivity index (χ0) is 14.5. The highest BCUT2D eigenvalue weighted by molar-refractivity contribution is 5.20. The summed E-state index contributed by atoms with van der Waals surface area (Å²) in [5, 5.41) is 8.69. The maximum atomic E-state index is 8.69. The van der Waals surface area contributed by atoms with Gasteiger partial charge in [-0.15, -0.1) is 0 Å². The molecule has 0 amide bonds. The Morgan fingerprint density at radius 3 is 2.81 bits per heavy atom. The molecule has 1 aromatic rings. The van der Waals surface area contributed by atoms with E-state index < -0.39 is 0 Å². The van der Waals surface area contributed by atoms with Crippen LogP contribution in [-0.4, -0.2) is 17.0 Å². The summed E-state index contributed by atoms with van der Waals surface area (Å²) in [6.07, 6.45) is 10.6. The molecule has 0 aromatic heterocycles. The number of nitrogens with zero attached hydrogens (tertiary/aromatic N) is 2. The molecule has 0 spiro atoms. The molecule has 2 heterocycles. The molecule has 0 aliphatic carbocycles. The summed E-state index contributed by atoms with van der Waals surface area (Å²) in [5.41, 5.74) is 3.03. The molecular weight excluding hydrogens is 256 g/mol. The van der Waals surface area contributed by atoms with E-state index in [0.717, 1.165) is 19.4 Å². The number of unbranched alkanes of at least 4 members (excludes halogenated alkanes) is 1. The minimum atomic E-state index is 0.620. The molecule has 0 N–H and O–H groups in total. The topological polar surface area (TPSA) is 27.0 Å². The van der Waals surface area contributed by atoms with Gasteiger partial charge in [0.15, 0.2) is 0 Å². The van der Waals surface area contributed by atoms with Crippen molar-refractivity contribution in [2.24, 2.45) is 0 Å². The van der Waals surface area contributed by atoms with Gasteiger partial charge in [0.1, 0.15) is 0 Å². The maximum Gasteiger partial charge on any atom is 0.0621 e. The molecule has 110 valence electrons. The van der Waals surface area contributed by atoms with Gasteiger partial charge in [-0.05, 0) is 37.7 Å². The van der Waals surface area contributed by atoms with Gasteiger partial charge in [-0.3, -0.25) is 4.90 Å². The lowest BCUT2D eigenvalue weighted by Gasteiger charge is -2.45. The Labute approximate surface area is 128 Å². The van der Waals surface area contributed by atoms with Crippen LogP contribution in [0.5, 0.6) is 0 Å². The lowest BCUT2D eigenvalue weighted by molar-refractivity contribution is 0.0876. The van der Waals surface area contributed by atoms with Crippen LogP contribution in [0.4, 0.5) is 0 Å². The van der Waals surface area contributed by atoms with Crippen LogP contribution < -0.4 is 0 Å². The molecule has 2 atom stereocenters. The van der Waals surface area contributed by atoms with Crippen molar-refractivity contribution in [1.82, 2.24) is 4.90 Å². The van der Waals surface area contributed by atoms with Gasteiger partial charge in [-0.1, -0.05) is 48.4 Å². The van der Waals surface area contributed by atoms with E-state index in [-0.39, 0.29) is 0 Å². The van der Waals surface area contributed by atoms with Crippen molar-refractivity contribution in [3.05, 3.63) is 47.5 Å². The zero-order valence-corrected chi connectivity index (χ0v) is 12.7. The smallest absolute Gasteiger partial charge is 0.0621 e. The van der Waals surface area contributed by atoms with Gasteiger partial charge >= 0.3 is 0 Å². The number of piperidine rings is 1. The normalized spacial score (nSPS) is 25.2. The highest BCUT2D eigenvalue weighted by Crippen LogP contribution is 2.35. The monoisotopic (exact) mass is 280 g/mol. The summed E-state index contributed by atoms with van der Waals surface area (Å²) < 4.78 is 0. The highest BCUT2D eigenvalue weighted by atomic mass is 15.2. The third-order valence-corrected chi connectivity index (χ3v) is 4.85. The third-order valence-electron chi connectivity index (χ3n) is 4.85. The lowest BCUT2D eigenvalue weighted by Crippen LogP contribution is -2.47. The second kappa shape index (κ2) is 6.91. The van der Waals surface area contributed by atoms with Gasteiger partial charge < -0.3 is 0 Å². The van der Waals surface area contributed by atoms with Crippen molar-refractivity contribution in [3.63, 3.8) is 0 Å². The van der Waals surface area contributed by atoms with Crippen molar-refractivity contribution in [3.8, 4) is 6.07 Å². The van der Waals surface area contributed by atoms with Gasteiger partial charge in [-0.25, -0.2) is 0 Å². The van der Waals surface area contributed by atoms with E-state index in [0.29, 0.717) is 18.5 Å². The van der Waals surface area contributed by atoms with Crippen LogP contribution in [0.2, 0.25) is 0 Å². The van der Waals surface area contributed by atoms with E-state index in [1.54, 1.807) is 5.57 Å². The molecule has 1 saturated heterocycles. The lowest BCUT2D eigenvalue weighted by atomic mass is 9.83. The van der Waals surface area contributed by atoms with Crippen molar-refractivity contribution < 1.29 is 0 Å². The van der Waals surface area contributed by atoms with Gasteiger partial charge in [0, 0.05) is 25.0 Å². The minimum absolute atomic E-state index is 0.620. The predicted molar refractivity (Wildman–Crippen MR) is 85.6 cm³/mol. The summed E-state index contributed by atoms with van der Waals surface area (Å²) in [4.78, 5) is 2.70. The third kappa shape index (κ3) is 3.54. The molecule has 0 saturated carbocycles. The standard InChI is InChI=1S/C19H24N2/c20-12-5-4-9-17-13-18-10-6-11-19(14-17)21(18)15-16-7-2-1-3-8-16/h1-3,7-8,13,18-19H,4-6,9-11,14-15H2. The van der Waals surface area contributed by atoms with Crippen LogP contribution in [0.3, 0.4) is 0 Å². The molecule has 2 unspecified atom stereocenters. The Bertz CT molecular complexity index is 526. The van der Waals surface area contributed by atoms with Crippen LogP contribution in [0.15, 0.2) is 42.0 Å². The summed E-state index contributed by atoms with van der Waals surface area (Å²) in [6.45, 7) is 1.08. The largest absolute Gasteiger partial charge is 0.289 e. The molecule has 21 heavy (non-hydrogen) atoms. The maximum absolute atomic E-state index is 8.69. The molecule has 1 fully saturated rings. The molecule has 3 rings (SSSR count). The van der Waals surface area contributed by atoms with Gasteiger partial charge in [0.25, 0.3) is 0 Å². The Morgan fingerprint density at radius 2 is 2.05 bits per heavy atom. The Balaban J connectivity index is 1.68. The van der Waals surface area contributed by atoms with Crippen molar-refractivity contribution in [2.75, 3.05) is 0 Å². The van der Waals surface area contributed by atoms with Crippen LogP contribution >= 0.6 is 0 Å². The summed E-state index contributed by atoms with van der Waals surface area (Å²) in [6, 6.07) is 14.4. The summed E-state index contributed by atoms with van der Waals surface area (Å²) in [7, 11) is 0. The molecule has 2 aliphatic rings. The molecule has 2 nitrogen and oxygen atoms in total. The van der Waals surface area contributed by atoms with E-state index in [1.165, 1.54) is 31.2 Å². The minimum Gasteiger partial charge on any atom is -0.289 e. The van der Waals surface area contributed by atoms with E-state index in [2.05, 4.69) is 47.4 Å². The predicted octanol–water partition coefficient (Wildman–Crippen LogP) is 4.43. The fourth-order valence-electron chi connectivity index (χ4n) is 3.83. The first-order valence-electron chi connectivity index (χ1n) is 8.23. The quantitative estimate of drug-likeness (QED) is 0.589. The highest BCUT2D eigenvalue weighted by Gasteiger charge is 2.33. The average molecular weight is 280 g/mol. The number of rotatable bonds is 5. The van der Waals surface area contributed by atoms with Crippen LogP contribution in [0.25, 0.3) is 0 Å². The second-order valence-corrected chi connectivity index (χ2v) is 6.35. The van der Waals surface area contributed by atoms with E-state index in [4.69, 9.17) is 5.26 Å². The van der Waals surface area contributed by atoms with Crippen LogP contribution in [0, 0.1) is 11.3 Å². The number of nitriles is 1. The molecule has 0 radical (unpaired) electrons. The van der Waals surface area contributed by atoms with Gasteiger partial charge in [0.2, 0.25) is 0 Å². The van der Waals surface area contributed by atoms with Gasteiger partial charge in [-0.2, -0.15) is 5.26 Å². The molecule has 2 bridgehead atoms. The van der Waals surface area contributed by atoms with E-state index >= 15 is 0 Å². The van der Waals surface area contributed by atoms with Gasteiger partial charge in [0.05, 0.1) is 6.07 Å². The zero-order valence-electron chi connectivity index (χ0n) is 12.7. The fourth-order valence-corrected chi connectivity index (χ4v) is 3.83.